The topological polar surface area (TPSA) is 58.8 Å². The van der Waals surface area contributed by atoms with Gasteiger partial charge in [-0.2, -0.15) is 0 Å². The van der Waals surface area contributed by atoms with Crippen molar-refractivity contribution >= 4 is 30.7 Å². The van der Waals surface area contributed by atoms with Crippen LogP contribution in [-0.2, 0) is 9.53 Å². The maximum atomic E-state index is 12.7. The van der Waals surface area contributed by atoms with Gasteiger partial charge in [-0.25, -0.2) is 0 Å². The first kappa shape index (κ1) is 21.0. The van der Waals surface area contributed by atoms with Gasteiger partial charge in [0.25, 0.3) is 0 Å². The van der Waals surface area contributed by atoms with E-state index in [1.165, 1.54) is 12.8 Å². The summed E-state index contributed by atoms with van der Waals surface area (Å²) < 4.78 is 5.44. The zero-order chi connectivity index (χ0) is 14.7. The largest absolute Gasteiger partial charge is 0.381 e. The Hall–Kier alpha value is -0.0700. The van der Waals surface area contributed by atoms with Crippen molar-refractivity contribution < 1.29 is 9.53 Å². The minimum atomic E-state index is -0.570. The first-order chi connectivity index (χ1) is 10.2. The Balaban J connectivity index is 0.00000132. The fourth-order valence-corrected chi connectivity index (χ4v) is 3.94. The van der Waals surface area contributed by atoms with Crippen LogP contribution in [0.3, 0.4) is 0 Å². The molecule has 3 aliphatic rings. The minimum Gasteiger partial charge on any atom is -0.381 e. The Kier molecular flexibility index (Phi) is 8.59. The molecule has 7 heteroatoms. The average molecular weight is 368 g/mol. The summed E-state index contributed by atoms with van der Waals surface area (Å²) in [6.07, 6.45) is 6.35. The van der Waals surface area contributed by atoms with Gasteiger partial charge in [-0.05, 0) is 25.2 Å². The number of halogens is 2. The van der Waals surface area contributed by atoms with E-state index in [9.17, 15) is 4.79 Å². The number of hydrogen-bond donors (Lipinski definition) is 1. The molecule has 0 aromatic heterocycles. The molecular formula is C16H31Cl2N3O2. The number of carbonyl (C=O) groups excluding carboxylic acids is 1. The molecule has 1 unspecified atom stereocenters. The maximum absolute atomic E-state index is 12.7. The lowest BCUT2D eigenvalue weighted by Gasteiger charge is -2.41. The van der Waals surface area contributed by atoms with E-state index in [4.69, 9.17) is 10.5 Å². The highest BCUT2D eigenvalue weighted by Gasteiger charge is 2.39. The molecular weight excluding hydrogens is 337 g/mol. The van der Waals surface area contributed by atoms with Crippen molar-refractivity contribution in [2.45, 2.75) is 44.1 Å². The number of amides is 1. The van der Waals surface area contributed by atoms with Gasteiger partial charge in [0.1, 0.15) is 0 Å². The SMILES string of the molecule is Cl.Cl.NC1(C(=O)N2CCN(CC3CCOC3)CC2)CCCCC1. The Morgan fingerprint density at radius 1 is 1.09 bits per heavy atom. The second kappa shape index (κ2) is 9.42. The molecule has 136 valence electrons. The predicted octanol–water partition coefficient (Wildman–Crippen LogP) is 1.67. The Labute approximate surface area is 152 Å². The summed E-state index contributed by atoms with van der Waals surface area (Å²) in [6, 6.07) is 0. The number of hydrogen-bond acceptors (Lipinski definition) is 4. The highest BCUT2D eigenvalue weighted by Crippen LogP contribution is 2.28. The van der Waals surface area contributed by atoms with Crippen LogP contribution in [-0.4, -0.2) is 67.2 Å². The van der Waals surface area contributed by atoms with Crippen LogP contribution < -0.4 is 5.73 Å². The van der Waals surface area contributed by atoms with Crippen LogP contribution in [0.1, 0.15) is 38.5 Å². The summed E-state index contributed by atoms with van der Waals surface area (Å²) in [7, 11) is 0. The zero-order valence-corrected chi connectivity index (χ0v) is 15.5. The molecule has 2 heterocycles. The average Bonchev–Trinajstić information content (AvgIpc) is 3.01. The molecule has 2 aliphatic heterocycles. The molecule has 0 aromatic carbocycles. The van der Waals surface area contributed by atoms with Gasteiger partial charge in [0.15, 0.2) is 0 Å². The number of nitrogens with zero attached hydrogens (tertiary/aromatic N) is 2. The van der Waals surface area contributed by atoms with E-state index >= 15 is 0 Å². The van der Waals surface area contributed by atoms with Crippen molar-refractivity contribution in [2.75, 3.05) is 45.9 Å². The molecule has 2 saturated heterocycles. The Morgan fingerprint density at radius 2 is 1.74 bits per heavy atom. The molecule has 0 spiro atoms. The predicted molar refractivity (Wildman–Crippen MR) is 96.4 cm³/mol. The quantitative estimate of drug-likeness (QED) is 0.824. The van der Waals surface area contributed by atoms with Gasteiger partial charge in [-0.1, -0.05) is 19.3 Å². The standard InChI is InChI=1S/C16H29N3O2.2ClH/c17-16(5-2-1-3-6-16)15(20)19-9-7-18(8-10-19)12-14-4-11-21-13-14;;/h14H,1-13,17H2;2*1H. The van der Waals surface area contributed by atoms with Crippen LogP contribution in [0, 0.1) is 5.92 Å². The van der Waals surface area contributed by atoms with Crippen LogP contribution in [0.15, 0.2) is 0 Å². The molecule has 3 fully saturated rings. The number of rotatable bonds is 3. The van der Waals surface area contributed by atoms with Crippen LogP contribution in [0.4, 0.5) is 0 Å². The second-order valence-electron chi connectivity index (χ2n) is 7.04. The number of piperazine rings is 1. The van der Waals surface area contributed by atoms with E-state index in [2.05, 4.69) is 4.90 Å². The first-order valence-electron chi connectivity index (χ1n) is 8.56. The van der Waals surface area contributed by atoms with Crippen molar-refractivity contribution in [1.29, 1.82) is 0 Å². The molecule has 1 amide bonds. The lowest BCUT2D eigenvalue weighted by Crippen LogP contribution is -2.60. The fraction of sp³-hybridized carbons (Fsp3) is 0.938. The van der Waals surface area contributed by atoms with Crippen molar-refractivity contribution in [3.05, 3.63) is 0 Å². The second-order valence-corrected chi connectivity index (χ2v) is 7.04. The summed E-state index contributed by atoms with van der Waals surface area (Å²) in [4.78, 5) is 17.2. The third kappa shape index (κ3) is 5.20. The minimum absolute atomic E-state index is 0. The smallest absolute Gasteiger partial charge is 0.242 e. The van der Waals surface area contributed by atoms with Gasteiger partial charge in [-0.15, -0.1) is 24.8 Å². The van der Waals surface area contributed by atoms with Crippen molar-refractivity contribution in [2.24, 2.45) is 11.7 Å². The van der Waals surface area contributed by atoms with E-state index in [1.807, 2.05) is 4.90 Å². The van der Waals surface area contributed by atoms with E-state index in [0.29, 0.717) is 5.92 Å². The first-order valence-corrected chi connectivity index (χ1v) is 8.56. The summed E-state index contributed by atoms with van der Waals surface area (Å²) in [5.74, 6) is 0.887. The Morgan fingerprint density at radius 3 is 2.30 bits per heavy atom. The molecule has 1 saturated carbocycles. The summed E-state index contributed by atoms with van der Waals surface area (Å²) >= 11 is 0. The number of ether oxygens (including phenoxy) is 1. The molecule has 2 N–H and O–H groups in total. The zero-order valence-electron chi connectivity index (χ0n) is 13.9. The van der Waals surface area contributed by atoms with E-state index in [-0.39, 0.29) is 30.7 Å². The lowest BCUT2D eigenvalue weighted by molar-refractivity contribution is -0.140. The van der Waals surface area contributed by atoms with Gasteiger partial charge >= 0.3 is 0 Å². The molecule has 0 bridgehead atoms. The molecule has 5 nitrogen and oxygen atoms in total. The lowest BCUT2D eigenvalue weighted by atomic mass is 9.81. The number of carbonyl (C=O) groups is 1. The summed E-state index contributed by atoms with van der Waals surface area (Å²) in [6.45, 7) is 6.59. The van der Waals surface area contributed by atoms with Crippen molar-refractivity contribution in [1.82, 2.24) is 9.80 Å². The van der Waals surface area contributed by atoms with Gasteiger partial charge in [-0.3, -0.25) is 9.69 Å². The maximum Gasteiger partial charge on any atom is 0.242 e. The van der Waals surface area contributed by atoms with E-state index in [0.717, 1.165) is 71.6 Å². The van der Waals surface area contributed by atoms with E-state index in [1.54, 1.807) is 0 Å². The molecule has 3 rings (SSSR count). The summed E-state index contributed by atoms with van der Waals surface area (Å²) in [5, 5.41) is 0. The van der Waals surface area contributed by atoms with Crippen LogP contribution in [0.25, 0.3) is 0 Å². The third-order valence-corrected chi connectivity index (χ3v) is 5.37. The fourth-order valence-electron chi connectivity index (χ4n) is 3.94. The molecule has 23 heavy (non-hydrogen) atoms. The van der Waals surface area contributed by atoms with Crippen LogP contribution in [0.2, 0.25) is 0 Å². The third-order valence-electron chi connectivity index (χ3n) is 5.37. The highest BCUT2D eigenvalue weighted by molar-refractivity contribution is 5.86. The van der Waals surface area contributed by atoms with Crippen molar-refractivity contribution in [3.63, 3.8) is 0 Å². The van der Waals surface area contributed by atoms with Crippen LogP contribution in [0.5, 0.6) is 0 Å². The van der Waals surface area contributed by atoms with E-state index < -0.39 is 5.54 Å². The van der Waals surface area contributed by atoms with Gasteiger partial charge < -0.3 is 15.4 Å². The van der Waals surface area contributed by atoms with Crippen LogP contribution >= 0.6 is 24.8 Å². The van der Waals surface area contributed by atoms with Gasteiger partial charge in [0.2, 0.25) is 5.91 Å². The van der Waals surface area contributed by atoms with Gasteiger partial charge in [0.05, 0.1) is 12.1 Å². The molecule has 0 aromatic rings. The highest BCUT2D eigenvalue weighted by atomic mass is 35.5. The summed E-state index contributed by atoms with van der Waals surface area (Å²) in [5.41, 5.74) is 5.81. The normalized spacial score (nSPS) is 27.9. The number of nitrogens with two attached hydrogens (primary N) is 1. The molecule has 0 radical (unpaired) electrons. The molecule has 1 atom stereocenters. The Bertz CT molecular complexity index is 364. The molecule has 1 aliphatic carbocycles. The monoisotopic (exact) mass is 367 g/mol. The van der Waals surface area contributed by atoms with Crippen molar-refractivity contribution in [3.8, 4) is 0 Å². The van der Waals surface area contributed by atoms with Gasteiger partial charge in [0, 0.05) is 39.3 Å².